The highest BCUT2D eigenvalue weighted by Crippen LogP contribution is 2.33. The molecule has 0 radical (unpaired) electrons. The van der Waals surface area contributed by atoms with Crippen molar-refractivity contribution in [3.8, 4) is 28.6 Å². The van der Waals surface area contributed by atoms with Gasteiger partial charge in [-0.3, -0.25) is 4.79 Å². The lowest BCUT2D eigenvalue weighted by Crippen LogP contribution is -2.29. The zero-order valence-corrected chi connectivity index (χ0v) is 27.5. The van der Waals surface area contributed by atoms with Crippen LogP contribution in [-0.4, -0.2) is 66.7 Å². The van der Waals surface area contributed by atoms with E-state index in [9.17, 15) is 13.2 Å². The number of ether oxygens (including phenoxy) is 3. The van der Waals surface area contributed by atoms with Crippen LogP contribution in [0.5, 0.6) is 17.2 Å². The van der Waals surface area contributed by atoms with E-state index in [1.54, 1.807) is 44.8 Å². The number of nitrogens with one attached hydrogen (secondary N) is 1. The van der Waals surface area contributed by atoms with Gasteiger partial charge < -0.3 is 19.2 Å². The standard InChI is InChI=1S/C32H43N5O6S/c1-8-11-23(12-9-2)31-33-21(4)29-32(38)34-30(35-37(29)31)25-20-24(14-16-26(25)43-10-3)44(39,40)36(5)18-17-22-13-15-27(41-6)28(19-22)42-7/h13-16,19-20,23H,8-12,17-18H2,1-7H3,(H,34,35,38). The number of methoxy groups -OCH3 is 2. The van der Waals surface area contributed by atoms with Gasteiger partial charge in [-0.15, -0.1) is 5.10 Å². The molecule has 2 aromatic carbocycles. The van der Waals surface area contributed by atoms with Gasteiger partial charge in [0, 0.05) is 19.5 Å². The third-order valence-corrected chi connectivity index (χ3v) is 9.57. The molecule has 4 aromatic rings. The van der Waals surface area contributed by atoms with Crippen LogP contribution in [0.1, 0.15) is 69.5 Å². The summed E-state index contributed by atoms with van der Waals surface area (Å²) >= 11 is 0. The molecule has 0 saturated heterocycles. The van der Waals surface area contributed by atoms with Crippen LogP contribution in [0.2, 0.25) is 0 Å². The van der Waals surface area contributed by atoms with Gasteiger partial charge in [0.25, 0.3) is 5.56 Å². The highest BCUT2D eigenvalue weighted by Gasteiger charge is 2.25. The van der Waals surface area contributed by atoms with Crippen LogP contribution in [-0.2, 0) is 16.4 Å². The van der Waals surface area contributed by atoms with Gasteiger partial charge in [-0.1, -0.05) is 32.8 Å². The number of H-pyrrole nitrogens is 1. The Morgan fingerprint density at radius 3 is 2.30 bits per heavy atom. The maximum Gasteiger partial charge on any atom is 0.277 e. The van der Waals surface area contributed by atoms with Crippen molar-refractivity contribution in [2.45, 2.75) is 70.6 Å². The number of sulfonamides is 1. The molecule has 12 heteroatoms. The summed E-state index contributed by atoms with van der Waals surface area (Å²) in [7, 11) is 0.768. The fourth-order valence-electron chi connectivity index (χ4n) is 5.44. The largest absolute Gasteiger partial charge is 0.493 e. The normalized spacial score (nSPS) is 11.9. The highest BCUT2D eigenvalue weighted by atomic mass is 32.2. The average Bonchev–Trinajstić information content (AvgIpc) is 3.36. The second kappa shape index (κ2) is 14.3. The van der Waals surface area contributed by atoms with Crippen LogP contribution in [0.3, 0.4) is 0 Å². The van der Waals surface area contributed by atoms with E-state index in [4.69, 9.17) is 24.3 Å². The van der Waals surface area contributed by atoms with E-state index in [2.05, 4.69) is 18.8 Å². The van der Waals surface area contributed by atoms with Crippen molar-refractivity contribution >= 4 is 15.5 Å². The smallest absolute Gasteiger partial charge is 0.277 e. The van der Waals surface area contributed by atoms with Crippen LogP contribution >= 0.6 is 0 Å². The fourth-order valence-corrected chi connectivity index (χ4v) is 6.64. The number of fused-ring (bicyclic) bond motifs is 1. The third kappa shape index (κ3) is 6.76. The van der Waals surface area contributed by atoms with Gasteiger partial charge in [-0.25, -0.2) is 22.2 Å². The number of benzene rings is 2. The van der Waals surface area contributed by atoms with Crippen molar-refractivity contribution in [3.05, 3.63) is 63.8 Å². The zero-order chi connectivity index (χ0) is 32.0. The average molecular weight is 626 g/mol. The predicted molar refractivity (Wildman–Crippen MR) is 171 cm³/mol. The monoisotopic (exact) mass is 625 g/mol. The minimum atomic E-state index is -3.90. The quantitative estimate of drug-likeness (QED) is 0.187. The molecular formula is C32H43N5O6S. The number of aromatic amines is 1. The van der Waals surface area contributed by atoms with E-state index in [1.165, 1.54) is 16.4 Å². The van der Waals surface area contributed by atoms with Gasteiger partial charge in [0.2, 0.25) is 10.0 Å². The van der Waals surface area contributed by atoms with Gasteiger partial charge in [0.1, 0.15) is 11.6 Å². The molecule has 0 aliphatic rings. The molecule has 4 rings (SSSR count). The van der Waals surface area contributed by atoms with Crippen LogP contribution in [0.25, 0.3) is 16.9 Å². The summed E-state index contributed by atoms with van der Waals surface area (Å²) in [4.78, 5) is 21.0. The highest BCUT2D eigenvalue weighted by molar-refractivity contribution is 7.89. The molecule has 238 valence electrons. The lowest BCUT2D eigenvalue weighted by atomic mass is 9.98. The lowest BCUT2D eigenvalue weighted by molar-refractivity contribution is 0.341. The molecule has 0 amide bonds. The van der Waals surface area contributed by atoms with Crippen molar-refractivity contribution < 1.29 is 22.6 Å². The molecule has 0 aliphatic heterocycles. The lowest BCUT2D eigenvalue weighted by Gasteiger charge is -2.19. The summed E-state index contributed by atoms with van der Waals surface area (Å²) in [5.74, 6) is 2.70. The SMILES string of the molecule is CCCC(CCC)c1nc(C)c2c(=O)[nH]c(-c3cc(S(=O)(=O)N(C)CCc4ccc(OC)c(OC)c4)ccc3OCC)nn12. The van der Waals surface area contributed by atoms with Crippen LogP contribution in [0, 0.1) is 6.92 Å². The van der Waals surface area contributed by atoms with Gasteiger partial charge >= 0.3 is 0 Å². The van der Waals surface area contributed by atoms with E-state index in [0.717, 1.165) is 37.1 Å². The summed E-state index contributed by atoms with van der Waals surface area (Å²) in [6, 6.07) is 10.1. The Bertz CT molecular complexity index is 1760. The number of nitrogens with zero attached hydrogens (tertiary/aromatic N) is 4. The molecule has 0 atom stereocenters. The molecule has 0 saturated carbocycles. The Balaban J connectivity index is 1.73. The van der Waals surface area contributed by atoms with Crippen LogP contribution < -0.4 is 19.8 Å². The third-order valence-electron chi connectivity index (χ3n) is 7.72. The first-order valence-corrected chi connectivity index (χ1v) is 16.5. The van der Waals surface area contributed by atoms with E-state index >= 15 is 0 Å². The Hall–Kier alpha value is -3.90. The van der Waals surface area contributed by atoms with E-state index < -0.39 is 10.0 Å². The molecule has 44 heavy (non-hydrogen) atoms. The van der Waals surface area contributed by atoms with Crippen LogP contribution in [0.4, 0.5) is 0 Å². The number of likely N-dealkylation sites (N-methyl/N-ethyl adjacent to an activating group) is 1. The number of aromatic nitrogens is 4. The number of hydrogen-bond donors (Lipinski definition) is 1. The molecule has 0 spiro atoms. The van der Waals surface area contributed by atoms with Gasteiger partial charge in [-0.05, 0) is 69.0 Å². The second-order valence-electron chi connectivity index (χ2n) is 10.7. The summed E-state index contributed by atoms with van der Waals surface area (Å²) < 4.78 is 46.9. The first-order valence-electron chi connectivity index (χ1n) is 15.0. The van der Waals surface area contributed by atoms with Crippen molar-refractivity contribution in [2.24, 2.45) is 0 Å². The van der Waals surface area contributed by atoms with Crippen molar-refractivity contribution in [3.63, 3.8) is 0 Å². The molecule has 1 N–H and O–H groups in total. The Labute approximate surface area is 259 Å². The molecule has 0 fully saturated rings. The van der Waals surface area contributed by atoms with Crippen LogP contribution in [0.15, 0.2) is 46.1 Å². The van der Waals surface area contributed by atoms with E-state index in [-0.39, 0.29) is 28.7 Å². The molecule has 11 nitrogen and oxygen atoms in total. The van der Waals surface area contributed by atoms with Crippen molar-refractivity contribution in [2.75, 3.05) is 34.4 Å². The first kappa shape index (κ1) is 33.0. The van der Waals surface area contributed by atoms with Gasteiger partial charge in [0.05, 0.1) is 37.0 Å². The number of hydrogen-bond acceptors (Lipinski definition) is 8. The van der Waals surface area contributed by atoms with E-state index in [0.29, 0.717) is 47.1 Å². The number of rotatable bonds is 15. The Morgan fingerprint density at radius 2 is 1.66 bits per heavy atom. The molecule has 0 aliphatic carbocycles. The Kier molecular flexibility index (Phi) is 10.7. The summed E-state index contributed by atoms with van der Waals surface area (Å²) in [6.07, 6.45) is 4.25. The fraction of sp³-hybridized carbons (Fsp3) is 0.469. The summed E-state index contributed by atoms with van der Waals surface area (Å²) in [5.41, 5.74) is 1.93. The Morgan fingerprint density at radius 1 is 0.977 bits per heavy atom. The minimum absolute atomic E-state index is 0.0605. The summed E-state index contributed by atoms with van der Waals surface area (Å²) in [6.45, 7) is 8.48. The zero-order valence-electron chi connectivity index (χ0n) is 26.6. The predicted octanol–water partition coefficient (Wildman–Crippen LogP) is 5.36. The topological polar surface area (TPSA) is 128 Å². The maximum absolute atomic E-state index is 13.7. The first-order chi connectivity index (χ1) is 21.1. The molecule has 2 aromatic heterocycles. The second-order valence-corrected chi connectivity index (χ2v) is 12.8. The minimum Gasteiger partial charge on any atom is -0.493 e. The molecule has 2 heterocycles. The number of aryl methyl sites for hydroxylation is 1. The van der Waals surface area contributed by atoms with E-state index in [1.807, 2.05) is 19.1 Å². The van der Waals surface area contributed by atoms with Gasteiger partial charge in [0.15, 0.2) is 22.8 Å². The maximum atomic E-state index is 13.7. The van der Waals surface area contributed by atoms with Gasteiger partial charge in [-0.2, -0.15) is 0 Å². The van der Waals surface area contributed by atoms with Crippen molar-refractivity contribution in [1.82, 2.24) is 23.9 Å². The summed E-state index contributed by atoms with van der Waals surface area (Å²) in [5, 5.41) is 4.82. The number of imidazole rings is 1. The molecule has 0 bridgehead atoms. The van der Waals surface area contributed by atoms with Crippen molar-refractivity contribution in [1.29, 1.82) is 0 Å². The molecule has 0 unspecified atom stereocenters. The molecular weight excluding hydrogens is 582 g/mol.